The molecule has 0 saturated carbocycles. The third kappa shape index (κ3) is 5.56. The molecule has 0 aliphatic carbocycles. The van der Waals surface area contributed by atoms with Gasteiger partial charge in [0.15, 0.2) is 0 Å². The summed E-state index contributed by atoms with van der Waals surface area (Å²) in [5, 5.41) is 3.05. The number of aryl methyl sites for hydroxylation is 1. The highest BCUT2D eigenvalue weighted by molar-refractivity contribution is 7.89. The van der Waals surface area contributed by atoms with Crippen LogP contribution in [-0.4, -0.2) is 66.6 Å². The molecule has 2 aliphatic heterocycles. The van der Waals surface area contributed by atoms with E-state index in [1.807, 2.05) is 6.92 Å². The average molecular weight is 499 g/mol. The van der Waals surface area contributed by atoms with Crippen LogP contribution >= 0.6 is 0 Å². The first-order chi connectivity index (χ1) is 16.7. The van der Waals surface area contributed by atoms with Crippen molar-refractivity contribution in [3.63, 3.8) is 0 Å². The lowest BCUT2D eigenvalue weighted by atomic mass is 10.0. The molecule has 2 saturated heterocycles. The van der Waals surface area contributed by atoms with Crippen LogP contribution in [0.1, 0.15) is 64.4 Å². The van der Waals surface area contributed by atoms with Gasteiger partial charge in [0.25, 0.3) is 11.8 Å². The van der Waals surface area contributed by atoms with Crippen LogP contribution in [0.3, 0.4) is 0 Å². The number of aromatic nitrogens is 1. The Morgan fingerprint density at radius 1 is 0.943 bits per heavy atom. The van der Waals surface area contributed by atoms with E-state index in [-0.39, 0.29) is 22.8 Å². The summed E-state index contributed by atoms with van der Waals surface area (Å²) in [7, 11) is -3.67. The zero-order chi connectivity index (χ0) is 25.2. The summed E-state index contributed by atoms with van der Waals surface area (Å²) >= 11 is 0. The predicted octanol–water partition coefficient (Wildman–Crippen LogP) is 3.15. The summed E-state index contributed by atoms with van der Waals surface area (Å²) in [4.78, 5) is 31.7. The maximum Gasteiger partial charge on any atom is 0.253 e. The lowest BCUT2D eigenvalue weighted by Crippen LogP contribution is -2.46. The van der Waals surface area contributed by atoms with Crippen LogP contribution in [0.4, 0.5) is 0 Å². The molecule has 0 spiro atoms. The number of pyridine rings is 1. The third-order valence-corrected chi connectivity index (χ3v) is 9.31. The van der Waals surface area contributed by atoms with Crippen molar-refractivity contribution in [2.45, 2.75) is 57.4 Å². The van der Waals surface area contributed by atoms with Gasteiger partial charge >= 0.3 is 0 Å². The Hall–Kier alpha value is -2.78. The molecule has 2 fully saturated rings. The summed E-state index contributed by atoms with van der Waals surface area (Å²) in [6.07, 6.45) is 6.18. The normalized spacial score (nSPS) is 18.4. The van der Waals surface area contributed by atoms with Crippen molar-refractivity contribution in [3.8, 4) is 0 Å². The molecule has 188 valence electrons. The smallest absolute Gasteiger partial charge is 0.253 e. The number of amides is 2. The first-order valence-corrected chi connectivity index (χ1v) is 13.7. The number of sulfonamides is 1. The fourth-order valence-corrected chi connectivity index (χ4v) is 6.56. The molecular weight excluding hydrogens is 464 g/mol. The molecule has 1 aromatic carbocycles. The van der Waals surface area contributed by atoms with Gasteiger partial charge in [-0.1, -0.05) is 6.92 Å². The molecule has 8 nitrogen and oxygen atoms in total. The van der Waals surface area contributed by atoms with Crippen LogP contribution in [-0.2, 0) is 10.0 Å². The molecule has 1 N–H and O–H groups in total. The van der Waals surface area contributed by atoms with Crippen LogP contribution in [0.15, 0.2) is 41.6 Å². The van der Waals surface area contributed by atoms with E-state index in [2.05, 4.69) is 17.2 Å². The molecule has 0 radical (unpaired) electrons. The Balaban J connectivity index is 1.43. The zero-order valence-corrected chi connectivity index (χ0v) is 21.5. The monoisotopic (exact) mass is 498 g/mol. The number of hydrogen-bond acceptors (Lipinski definition) is 5. The van der Waals surface area contributed by atoms with Gasteiger partial charge in [0, 0.05) is 55.7 Å². The van der Waals surface area contributed by atoms with Crippen molar-refractivity contribution in [3.05, 3.63) is 58.9 Å². The maximum atomic E-state index is 13.4. The topological polar surface area (TPSA) is 99.7 Å². The van der Waals surface area contributed by atoms with Gasteiger partial charge in [-0.05, 0) is 80.8 Å². The summed E-state index contributed by atoms with van der Waals surface area (Å²) in [6.45, 7) is 7.89. The Morgan fingerprint density at radius 3 is 2.20 bits per heavy atom. The van der Waals surface area contributed by atoms with Gasteiger partial charge < -0.3 is 10.2 Å². The Kier molecular flexibility index (Phi) is 7.56. The average Bonchev–Trinajstić information content (AvgIpc) is 2.86. The van der Waals surface area contributed by atoms with Crippen LogP contribution in [0, 0.1) is 19.8 Å². The van der Waals surface area contributed by atoms with Crippen molar-refractivity contribution in [1.29, 1.82) is 0 Å². The second kappa shape index (κ2) is 10.5. The highest BCUT2D eigenvalue weighted by Crippen LogP contribution is 2.28. The number of rotatable bonds is 5. The van der Waals surface area contributed by atoms with Gasteiger partial charge in [-0.15, -0.1) is 0 Å². The zero-order valence-electron chi connectivity index (χ0n) is 20.7. The van der Waals surface area contributed by atoms with E-state index in [0.29, 0.717) is 61.6 Å². The number of piperidine rings is 2. The molecule has 9 heteroatoms. The van der Waals surface area contributed by atoms with Crippen molar-refractivity contribution < 1.29 is 18.0 Å². The van der Waals surface area contributed by atoms with E-state index in [1.54, 1.807) is 46.7 Å². The van der Waals surface area contributed by atoms with Gasteiger partial charge in [-0.2, -0.15) is 4.31 Å². The van der Waals surface area contributed by atoms with Crippen molar-refractivity contribution in [1.82, 2.24) is 19.5 Å². The van der Waals surface area contributed by atoms with E-state index in [1.165, 1.54) is 6.07 Å². The number of carbonyl (C=O) groups is 2. The van der Waals surface area contributed by atoms with E-state index in [9.17, 15) is 18.0 Å². The third-order valence-electron chi connectivity index (χ3n) is 7.29. The molecule has 3 heterocycles. The summed E-state index contributed by atoms with van der Waals surface area (Å²) < 4.78 is 28.4. The number of carbonyl (C=O) groups excluding carboxylic acids is 2. The molecule has 2 amide bonds. The number of nitrogens with zero attached hydrogens (tertiary/aromatic N) is 3. The number of hydrogen-bond donors (Lipinski definition) is 1. The van der Waals surface area contributed by atoms with Crippen LogP contribution < -0.4 is 5.32 Å². The minimum atomic E-state index is -3.67. The number of benzene rings is 1. The van der Waals surface area contributed by atoms with Gasteiger partial charge in [0.05, 0.1) is 4.90 Å². The van der Waals surface area contributed by atoms with Crippen LogP contribution in [0.2, 0.25) is 0 Å². The first-order valence-electron chi connectivity index (χ1n) is 12.3. The SMILES string of the molecule is Cc1cc(C(=O)NC2CCN(C(=O)c3ccncc3)CC2)cc(S(=O)(=O)N2CCC(C)CC2)c1C. The second-order valence-corrected chi connectivity index (χ2v) is 11.7. The predicted molar refractivity (Wildman–Crippen MR) is 134 cm³/mol. The van der Waals surface area contributed by atoms with E-state index in [4.69, 9.17) is 0 Å². The highest BCUT2D eigenvalue weighted by atomic mass is 32.2. The molecule has 4 rings (SSSR count). The Morgan fingerprint density at radius 2 is 1.57 bits per heavy atom. The largest absolute Gasteiger partial charge is 0.349 e. The van der Waals surface area contributed by atoms with Crippen molar-refractivity contribution in [2.24, 2.45) is 5.92 Å². The van der Waals surface area contributed by atoms with Gasteiger partial charge in [0.1, 0.15) is 0 Å². The summed E-state index contributed by atoms with van der Waals surface area (Å²) in [6, 6.07) is 6.60. The van der Waals surface area contributed by atoms with E-state index in [0.717, 1.165) is 18.4 Å². The fraction of sp³-hybridized carbons (Fsp3) is 0.500. The molecule has 1 aromatic heterocycles. The minimum Gasteiger partial charge on any atom is -0.349 e. The van der Waals surface area contributed by atoms with Gasteiger partial charge in [0.2, 0.25) is 10.0 Å². The van der Waals surface area contributed by atoms with Crippen molar-refractivity contribution >= 4 is 21.8 Å². The standard InChI is InChI=1S/C26H34N4O4S/c1-18-6-14-30(15-7-18)35(33,34)24-17-22(16-19(2)20(24)3)25(31)28-23-8-12-29(13-9-23)26(32)21-4-10-27-11-5-21/h4-5,10-11,16-18,23H,6-9,12-15H2,1-3H3,(H,28,31). The molecule has 2 aliphatic rings. The fourth-order valence-electron chi connectivity index (χ4n) is 4.76. The molecule has 0 bridgehead atoms. The van der Waals surface area contributed by atoms with E-state index < -0.39 is 10.0 Å². The lowest BCUT2D eigenvalue weighted by Gasteiger charge is -2.32. The summed E-state index contributed by atoms with van der Waals surface area (Å²) in [5.41, 5.74) is 2.42. The lowest BCUT2D eigenvalue weighted by molar-refractivity contribution is 0.0698. The van der Waals surface area contributed by atoms with Crippen LogP contribution in [0.25, 0.3) is 0 Å². The molecule has 2 aromatic rings. The van der Waals surface area contributed by atoms with Gasteiger partial charge in [-0.25, -0.2) is 8.42 Å². The molecule has 0 atom stereocenters. The van der Waals surface area contributed by atoms with Crippen molar-refractivity contribution in [2.75, 3.05) is 26.2 Å². The number of nitrogens with one attached hydrogen (secondary N) is 1. The molecular formula is C26H34N4O4S. The van der Waals surface area contributed by atoms with Crippen LogP contribution in [0.5, 0.6) is 0 Å². The quantitative estimate of drug-likeness (QED) is 0.683. The van der Waals surface area contributed by atoms with Gasteiger partial charge in [-0.3, -0.25) is 14.6 Å². The minimum absolute atomic E-state index is 0.0340. The molecule has 0 unspecified atom stereocenters. The first kappa shape index (κ1) is 25.3. The second-order valence-electron chi connectivity index (χ2n) is 9.78. The maximum absolute atomic E-state index is 13.4. The Labute approximate surface area is 207 Å². The highest BCUT2D eigenvalue weighted by Gasteiger charge is 2.31. The molecule has 35 heavy (non-hydrogen) atoms. The summed E-state index contributed by atoms with van der Waals surface area (Å²) in [5.74, 6) is 0.205. The number of likely N-dealkylation sites (tertiary alicyclic amines) is 1. The van der Waals surface area contributed by atoms with E-state index >= 15 is 0 Å². The Bertz CT molecular complexity index is 1180.